The number of quaternary nitrogens is 1. The van der Waals surface area contributed by atoms with Crippen LogP contribution >= 0.6 is 0 Å². The molecule has 4 heteroatoms. The van der Waals surface area contributed by atoms with E-state index in [1.54, 1.807) is 0 Å². The number of likely N-dealkylation sites (N-methyl/N-ethyl adjacent to an activating group) is 1. The van der Waals surface area contributed by atoms with Crippen molar-refractivity contribution in [2.75, 3.05) is 33.3 Å². The van der Waals surface area contributed by atoms with E-state index in [0.717, 1.165) is 31.8 Å². The van der Waals surface area contributed by atoms with E-state index in [0.29, 0.717) is 11.0 Å². The number of aliphatic hydroxyl groups is 3. The lowest BCUT2D eigenvalue weighted by Crippen LogP contribution is -2.50. The number of aliphatic hydroxyl groups excluding tert-OH is 2. The Kier molecular flexibility index (Phi) is 11.4. The molecule has 0 aliphatic heterocycles. The summed E-state index contributed by atoms with van der Waals surface area (Å²) in [6, 6.07) is 0. The minimum atomic E-state index is -1.26. The third-order valence-electron chi connectivity index (χ3n) is 3.94. The second-order valence-corrected chi connectivity index (χ2v) is 6.76. The Morgan fingerprint density at radius 1 is 0.850 bits per heavy atom. The molecule has 0 aromatic rings. The summed E-state index contributed by atoms with van der Waals surface area (Å²) in [5.74, 6) is 0.805. The summed E-state index contributed by atoms with van der Waals surface area (Å²) in [6.45, 7) is 6.83. The quantitative estimate of drug-likeness (QED) is 0.277. The molecule has 0 spiro atoms. The molecular formula is C16H36NO3+. The third kappa shape index (κ3) is 11.6. The number of hydrogen-bond donors (Lipinski definition) is 3. The van der Waals surface area contributed by atoms with Crippen LogP contribution in [0.3, 0.4) is 0 Å². The van der Waals surface area contributed by atoms with Gasteiger partial charge in [-0.15, -0.1) is 0 Å². The number of nitrogens with zero attached hydrogens (tertiary/aromatic N) is 1. The lowest BCUT2D eigenvalue weighted by atomic mass is 10.0. The van der Waals surface area contributed by atoms with Crippen molar-refractivity contribution in [1.82, 2.24) is 0 Å². The summed E-state index contributed by atoms with van der Waals surface area (Å²) in [6.07, 6.45) is 7.02. The van der Waals surface area contributed by atoms with E-state index in [1.165, 1.54) is 32.1 Å². The van der Waals surface area contributed by atoms with E-state index in [2.05, 4.69) is 13.8 Å². The Bertz CT molecular complexity index is 222. The second-order valence-electron chi connectivity index (χ2n) is 6.76. The molecule has 0 radical (unpaired) electrons. The van der Waals surface area contributed by atoms with E-state index in [9.17, 15) is 10.2 Å². The van der Waals surface area contributed by atoms with Crippen molar-refractivity contribution in [2.45, 2.75) is 65.1 Å². The van der Waals surface area contributed by atoms with Crippen LogP contribution in [0, 0.1) is 5.92 Å². The smallest absolute Gasteiger partial charge is 0.202 e. The molecule has 1 atom stereocenters. The molecule has 0 fully saturated rings. The zero-order chi connectivity index (χ0) is 15.4. The molecule has 0 bridgehead atoms. The second kappa shape index (κ2) is 11.5. The number of hydrogen-bond acceptors (Lipinski definition) is 3. The first kappa shape index (κ1) is 19.8. The van der Waals surface area contributed by atoms with Gasteiger partial charge in [0.2, 0.25) is 6.29 Å². The normalized spacial score (nSPS) is 15.0. The van der Waals surface area contributed by atoms with Crippen molar-refractivity contribution in [1.29, 1.82) is 0 Å². The van der Waals surface area contributed by atoms with Crippen LogP contribution < -0.4 is 0 Å². The highest BCUT2D eigenvalue weighted by atomic mass is 16.5. The topological polar surface area (TPSA) is 60.7 Å². The van der Waals surface area contributed by atoms with Crippen LogP contribution in [0.5, 0.6) is 0 Å². The van der Waals surface area contributed by atoms with Gasteiger partial charge in [-0.25, -0.2) is 0 Å². The fourth-order valence-corrected chi connectivity index (χ4v) is 2.72. The summed E-state index contributed by atoms with van der Waals surface area (Å²) >= 11 is 0. The van der Waals surface area contributed by atoms with E-state index in [4.69, 9.17) is 5.11 Å². The van der Waals surface area contributed by atoms with E-state index in [1.807, 2.05) is 7.05 Å². The molecule has 20 heavy (non-hydrogen) atoms. The molecular weight excluding hydrogens is 254 g/mol. The van der Waals surface area contributed by atoms with Gasteiger partial charge in [0.15, 0.2) is 0 Å². The van der Waals surface area contributed by atoms with Gasteiger partial charge in [-0.05, 0) is 18.8 Å². The molecule has 0 aliphatic carbocycles. The Morgan fingerprint density at radius 3 is 1.95 bits per heavy atom. The molecule has 0 amide bonds. The first-order valence-electron chi connectivity index (χ1n) is 8.20. The van der Waals surface area contributed by atoms with Crippen LogP contribution in [-0.2, 0) is 0 Å². The molecule has 0 aromatic carbocycles. The maximum Gasteiger partial charge on any atom is 0.202 e. The molecule has 0 aromatic heterocycles. The monoisotopic (exact) mass is 290 g/mol. The fourth-order valence-electron chi connectivity index (χ4n) is 2.72. The molecule has 1 unspecified atom stereocenters. The minimum absolute atomic E-state index is 0.171. The predicted octanol–water partition coefficient (Wildman–Crippen LogP) is 2.12. The van der Waals surface area contributed by atoms with Crippen molar-refractivity contribution in [3.8, 4) is 0 Å². The standard InChI is InChI=1S/C16H36NO3/c1-15(2)10-7-5-4-6-8-11-17(3,12-9-13-18)14-16(19)20/h15-16,18-20H,4-14H2,1-3H3/q+1. The Balaban J connectivity index is 3.78. The maximum absolute atomic E-state index is 9.19. The van der Waals surface area contributed by atoms with Gasteiger partial charge in [-0.3, -0.25) is 0 Å². The lowest BCUT2D eigenvalue weighted by molar-refractivity contribution is -0.915. The highest BCUT2D eigenvalue weighted by Crippen LogP contribution is 2.13. The molecule has 0 aliphatic rings. The van der Waals surface area contributed by atoms with Crippen LogP contribution in [0.1, 0.15) is 58.8 Å². The largest absolute Gasteiger partial charge is 0.396 e. The van der Waals surface area contributed by atoms with Crippen LogP contribution in [0.2, 0.25) is 0 Å². The van der Waals surface area contributed by atoms with Crippen molar-refractivity contribution in [3.05, 3.63) is 0 Å². The maximum atomic E-state index is 9.19. The molecule has 0 saturated carbocycles. The van der Waals surface area contributed by atoms with Crippen LogP contribution in [0.15, 0.2) is 0 Å². The highest BCUT2D eigenvalue weighted by molar-refractivity contribution is 4.50. The van der Waals surface area contributed by atoms with Crippen LogP contribution in [0.4, 0.5) is 0 Å². The molecule has 4 nitrogen and oxygen atoms in total. The van der Waals surface area contributed by atoms with Crippen molar-refractivity contribution in [3.63, 3.8) is 0 Å². The first-order valence-corrected chi connectivity index (χ1v) is 8.20. The summed E-state index contributed by atoms with van der Waals surface area (Å²) in [7, 11) is 2.05. The summed E-state index contributed by atoms with van der Waals surface area (Å²) < 4.78 is 0.643. The third-order valence-corrected chi connectivity index (χ3v) is 3.94. The highest BCUT2D eigenvalue weighted by Gasteiger charge is 2.23. The van der Waals surface area contributed by atoms with E-state index < -0.39 is 6.29 Å². The zero-order valence-electron chi connectivity index (χ0n) is 13.7. The van der Waals surface area contributed by atoms with Crippen molar-refractivity contribution in [2.24, 2.45) is 5.92 Å². The van der Waals surface area contributed by atoms with Gasteiger partial charge in [-0.1, -0.05) is 39.5 Å². The summed E-state index contributed by atoms with van der Waals surface area (Å²) in [4.78, 5) is 0. The van der Waals surface area contributed by atoms with Crippen LogP contribution in [0.25, 0.3) is 0 Å². The molecule has 0 saturated heterocycles. The summed E-state index contributed by atoms with van der Waals surface area (Å²) in [5, 5.41) is 27.3. The Morgan fingerprint density at radius 2 is 1.40 bits per heavy atom. The van der Waals surface area contributed by atoms with Gasteiger partial charge in [0.1, 0.15) is 6.54 Å². The zero-order valence-corrected chi connectivity index (χ0v) is 13.7. The number of unbranched alkanes of at least 4 members (excludes halogenated alkanes) is 4. The Hall–Kier alpha value is -0.160. The van der Waals surface area contributed by atoms with Crippen molar-refractivity contribution >= 4 is 0 Å². The average molecular weight is 290 g/mol. The first-order chi connectivity index (χ1) is 9.39. The Labute approximate surface area is 125 Å². The molecule has 122 valence electrons. The van der Waals surface area contributed by atoms with Gasteiger partial charge in [0.25, 0.3) is 0 Å². The SMILES string of the molecule is CC(C)CCCCCCC[N+](C)(CCCO)CC(O)O. The molecule has 3 N–H and O–H groups in total. The number of rotatable bonds is 13. The molecule has 0 heterocycles. The van der Waals surface area contributed by atoms with Gasteiger partial charge in [0, 0.05) is 13.0 Å². The van der Waals surface area contributed by atoms with Gasteiger partial charge < -0.3 is 19.8 Å². The van der Waals surface area contributed by atoms with Crippen LogP contribution in [-0.4, -0.2) is 59.4 Å². The summed E-state index contributed by atoms with van der Waals surface area (Å²) in [5.41, 5.74) is 0. The lowest BCUT2D eigenvalue weighted by Gasteiger charge is -2.35. The van der Waals surface area contributed by atoms with Gasteiger partial charge in [0.05, 0.1) is 20.1 Å². The predicted molar refractivity (Wildman–Crippen MR) is 83.3 cm³/mol. The van der Waals surface area contributed by atoms with E-state index in [-0.39, 0.29) is 6.61 Å². The minimum Gasteiger partial charge on any atom is -0.396 e. The fraction of sp³-hybridized carbons (Fsp3) is 1.00. The average Bonchev–Trinajstić information content (AvgIpc) is 2.34. The van der Waals surface area contributed by atoms with Gasteiger partial charge in [-0.2, -0.15) is 0 Å². The molecule has 0 rings (SSSR count). The van der Waals surface area contributed by atoms with E-state index >= 15 is 0 Å². The van der Waals surface area contributed by atoms with Crippen molar-refractivity contribution < 1.29 is 19.8 Å². The van der Waals surface area contributed by atoms with Gasteiger partial charge >= 0.3 is 0 Å².